The van der Waals surface area contributed by atoms with Gasteiger partial charge in [0.2, 0.25) is 0 Å². The van der Waals surface area contributed by atoms with Crippen molar-refractivity contribution in [2.45, 2.75) is 26.5 Å². The summed E-state index contributed by atoms with van der Waals surface area (Å²) < 4.78 is 7.07. The van der Waals surface area contributed by atoms with Gasteiger partial charge in [0, 0.05) is 23.8 Å². The number of ether oxygens (including phenoxy) is 1. The number of esters is 1. The first-order chi connectivity index (χ1) is 10.6. The molecule has 22 heavy (non-hydrogen) atoms. The predicted molar refractivity (Wildman–Crippen MR) is 81.3 cm³/mol. The largest absolute Gasteiger partial charge is 0.456 e. The van der Waals surface area contributed by atoms with Crippen molar-refractivity contribution < 1.29 is 9.53 Å². The van der Waals surface area contributed by atoms with Gasteiger partial charge in [-0.3, -0.25) is 4.98 Å². The van der Waals surface area contributed by atoms with Crippen LogP contribution in [0.2, 0.25) is 0 Å². The van der Waals surface area contributed by atoms with Crippen LogP contribution in [0.5, 0.6) is 0 Å². The van der Waals surface area contributed by atoms with Crippen molar-refractivity contribution in [3.63, 3.8) is 0 Å². The number of carbonyl (C=O) groups is 1. The molecule has 0 amide bonds. The average Bonchev–Trinajstić information content (AvgIpc) is 2.97. The molecule has 3 aromatic rings. The van der Waals surface area contributed by atoms with Gasteiger partial charge in [0.25, 0.3) is 0 Å². The minimum atomic E-state index is -0.419. The highest BCUT2D eigenvalue weighted by Gasteiger charge is 2.13. The van der Waals surface area contributed by atoms with E-state index in [0.29, 0.717) is 11.3 Å². The van der Waals surface area contributed by atoms with Crippen molar-refractivity contribution in [1.29, 1.82) is 0 Å². The van der Waals surface area contributed by atoms with E-state index in [0.717, 1.165) is 11.0 Å². The van der Waals surface area contributed by atoms with E-state index >= 15 is 0 Å². The molecule has 0 spiro atoms. The zero-order valence-electron chi connectivity index (χ0n) is 12.4. The van der Waals surface area contributed by atoms with Crippen LogP contribution in [0.25, 0.3) is 11.0 Å². The lowest BCUT2D eigenvalue weighted by Crippen LogP contribution is -2.07. The van der Waals surface area contributed by atoms with Crippen LogP contribution >= 0.6 is 0 Å². The minimum Gasteiger partial charge on any atom is -0.456 e. The van der Waals surface area contributed by atoms with E-state index in [4.69, 9.17) is 4.74 Å². The molecule has 0 atom stereocenters. The summed E-state index contributed by atoms with van der Waals surface area (Å²) in [6, 6.07) is 7.43. The van der Waals surface area contributed by atoms with Gasteiger partial charge in [0.1, 0.15) is 6.61 Å². The maximum atomic E-state index is 12.1. The Morgan fingerprint density at radius 2 is 2.14 bits per heavy atom. The first-order valence-electron chi connectivity index (χ1n) is 7.05. The SMILES string of the molecule is CC(C)n1ncc2cc(C(=O)OCc3ccccn3)cnc21. The molecular formula is C16H16N4O2. The zero-order chi connectivity index (χ0) is 15.5. The predicted octanol–water partition coefficient (Wildman–Crippen LogP) is 2.76. The maximum absolute atomic E-state index is 12.1. The third-order valence-electron chi connectivity index (χ3n) is 3.24. The molecule has 3 rings (SSSR count). The fourth-order valence-electron chi connectivity index (χ4n) is 2.14. The second-order valence-electron chi connectivity index (χ2n) is 5.22. The smallest absolute Gasteiger partial charge is 0.340 e. The number of hydrogen-bond donors (Lipinski definition) is 0. The summed E-state index contributed by atoms with van der Waals surface area (Å²) in [4.78, 5) is 20.5. The van der Waals surface area contributed by atoms with Crippen LogP contribution in [0.3, 0.4) is 0 Å². The lowest BCUT2D eigenvalue weighted by Gasteiger charge is -2.07. The molecule has 0 aliphatic rings. The number of hydrogen-bond acceptors (Lipinski definition) is 5. The molecule has 6 heteroatoms. The Balaban J connectivity index is 1.77. The molecule has 3 heterocycles. The highest BCUT2D eigenvalue weighted by molar-refractivity contribution is 5.92. The highest BCUT2D eigenvalue weighted by Crippen LogP contribution is 2.17. The molecule has 0 unspecified atom stereocenters. The van der Waals surface area contributed by atoms with Crippen LogP contribution in [0.15, 0.2) is 42.9 Å². The molecule has 6 nitrogen and oxygen atoms in total. The number of fused-ring (bicyclic) bond motifs is 1. The zero-order valence-corrected chi connectivity index (χ0v) is 12.4. The van der Waals surface area contributed by atoms with Gasteiger partial charge in [0.05, 0.1) is 17.5 Å². The van der Waals surface area contributed by atoms with Gasteiger partial charge < -0.3 is 4.74 Å². The number of carbonyl (C=O) groups excluding carboxylic acids is 1. The highest BCUT2D eigenvalue weighted by atomic mass is 16.5. The molecule has 3 aromatic heterocycles. The Morgan fingerprint density at radius 1 is 1.27 bits per heavy atom. The van der Waals surface area contributed by atoms with Gasteiger partial charge in [-0.15, -0.1) is 0 Å². The molecule has 0 bridgehead atoms. The molecule has 0 aromatic carbocycles. The third kappa shape index (κ3) is 2.81. The lowest BCUT2D eigenvalue weighted by atomic mass is 10.2. The summed E-state index contributed by atoms with van der Waals surface area (Å²) >= 11 is 0. The third-order valence-corrected chi connectivity index (χ3v) is 3.24. The van der Waals surface area contributed by atoms with E-state index < -0.39 is 5.97 Å². The van der Waals surface area contributed by atoms with Gasteiger partial charge in [-0.05, 0) is 32.0 Å². The van der Waals surface area contributed by atoms with Crippen LogP contribution in [0, 0.1) is 0 Å². The first kappa shape index (κ1) is 14.2. The summed E-state index contributed by atoms with van der Waals surface area (Å²) in [5.41, 5.74) is 1.88. The monoisotopic (exact) mass is 296 g/mol. The van der Waals surface area contributed by atoms with E-state index in [2.05, 4.69) is 15.1 Å². The summed E-state index contributed by atoms with van der Waals surface area (Å²) in [7, 11) is 0. The molecule has 0 aliphatic carbocycles. The van der Waals surface area contributed by atoms with Crippen molar-refractivity contribution >= 4 is 17.0 Å². The Hall–Kier alpha value is -2.76. The molecule has 0 N–H and O–H groups in total. The Labute approximate surface area is 127 Å². The van der Waals surface area contributed by atoms with Gasteiger partial charge in [-0.2, -0.15) is 5.10 Å². The van der Waals surface area contributed by atoms with Crippen LogP contribution in [-0.2, 0) is 11.3 Å². The van der Waals surface area contributed by atoms with Gasteiger partial charge in [-0.1, -0.05) is 6.07 Å². The summed E-state index contributed by atoms with van der Waals surface area (Å²) in [6.07, 6.45) is 4.89. The first-order valence-corrected chi connectivity index (χ1v) is 7.05. The fourth-order valence-corrected chi connectivity index (χ4v) is 2.14. The number of rotatable bonds is 4. The lowest BCUT2D eigenvalue weighted by molar-refractivity contribution is 0.0467. The Bertz CT molecular complexity index is 796. The molecule has 112 valence electrons. The van der Waals surface area contributed by atoms with E-state index in [1.807, 2.05) is 30.7 Å². The van der Waals surface area contributed by atoms with E-state index in [-0.39, 0.29) is 12.6 Å². The molecular weight excluding hydrogens is 280 g/mol. The fraction of sp³-hybridized carbons (Fsp3) is 0.250. The van der Waals surface area contributed by atoms with Crippen LogP contribution < -0.4 is 0 Å². The average molecular weight is 296 g/mol. The van der Waals surface area contributed by atoms with Gasteiger partial charge in [0.15, 0.2) is 5.65 Å². The van der Waals surface area contributed by atoms with Crippen molar-refractivity contribution in [2.75, 3.05) is 0 Å². The topological polar surface area (TPSA) is 69.9 Å². The standard InChI is InChI=1S/C16H16N4O2/c1-11(2)20-15-12(9-19-20)7-13(8-18-15)16(21)22-10-14-5-3-4-6-17-14/h3-9,11H,10H2,1-2H3. The van der Waals surface area contributed by atoms with Crippen LogP contribution in [0.4, 0.5) is 0 Å². The molecule has 0 saturated carbocycles. The quantitative estimate of drug-likeness (QED) is 0.692. The van der Waals surface area contributed by atoms with Crippen LogP contribution in [0.1, 0.15) is 35.9 Å². The Kier molecular flexibility index (Phi) is 3.82. The second kappa shape index (κ2) is 5.93. The minimum absolute atomic E-state index is 0.142. The molecule has 0 fully saturated rings. The number of nitrogens with zero attached hydrogens (tertiary/aromatic N) is 4. The number of pyridine rings is 2. The maximum Gasteiger partial charge on any atom is 0.340 e. The van der Waals surface area contributed by atoms with Crippen molar-refractivity contribution in [3.05, 3.63) is 54.1 Å². The summed E-state index contributed by atoms with van der Waals surface area (Å²) in [5, 5.41) is 5.10. The van der Waals surface area contributed by atoms with Crippen LogP contribution in [-0.4, -0.2) is 25.7 Å². The molecule has 0 saturated heterocycles. The van der Waals surface area contributed by atoms with Crippen molar-refractivity contribution in [1.82, 2.24) is 19.7 Å². The van der Waals surface area contributed by atoms with Crippen molar-refractivity contribution in [3.8, 4) is 0 Å². The molecule has 0 aliphatic heterocycles. The van der Waals surface area contributed by atoms with E-state index in [1.165, 1.54) is 6.20 Å². The summed E-state index contributed by atoms with van der Waals surface area (Å²) in [5.74, 6) is -0.419. The number of aromatic nitrogens is 4. The Morgan fingerprint density at radius 3 is 2.86 bits per heavy atom. The van der Waals surface area contributed by atoms with Gasteiger partial charge >= 0.3 is 5.97 Å². The second-order valence-corrected chi connectivity index (χ2v) is 5.22. The molecule has 0 radical (unpaired) electrons. The normalized spacial score (nSPS) is 11.0. The summed E-state index contributed by atoms with van der Waals surface area (Å²) in [6.45, 7) is 4.20. The van der Waals surface area contributed by atoms with Gasteiger partial charge in [-0.25, -0.2) is 14.5 Å². The van der Waals surface area contributed by atoms with E-state index in [9.17, 15) is 4.79 Å². The van der Waals surface area contributed by atoms with E-state index in [1.54, 1.807) is 24.5 Å². The van der Waals surface area contributed by atoms with Crippen molar-refractivity contribution in [2.24, 2.45) is 0 Å².